The van der Waals surface area contributed by atoms with Gasteiger partial charge in [0.05, 0.1) is 30.0 Å². The first kappa shape index (κ1) is 16.3. The van der Waals surface area contributed by atoms with Gasteiger partial charge >= 0.3 is 0 Å². The van der Waals surface area contributed by atoms with Gasteiger partial charge in [-0.25, -0.2) is 4.90 Å². The zero-order chi connectivity index (χ0) is 18.4. The predicted molar refractivity (Wildman–Crippen MR) is 94.5 cm³/mol. The average molecular weight is 367 g/mol. The molecule has 3 aliphatic rings. The minimum absolute atomic E-state index is 0.0583. The Bertz CT molecular complexity index is 918. The Morgan fingerprint density at radius 1 is 0.852 bits per heavy atom. The van der Waals surface area contributed by atoms with E-state index in [0.29, 0.717) is 49.2 Å². The number of imide groups is 1. The molecule has 2 aromatic carbocycles. The van der Waals surface area contributed by atoms with Gasteiger partial charge in [-0.1, -0.05) is 18.2 Å². The van der Waals surface area contributed by atoms with Crippen molar-refractivity contribution in [3.05, 3.63) is 53.6 Å². The number of rotatable bonds is 7. The van der Waals surface area contributed by atoms with E-state index in [2.05, 4.69) is 0 Å². The Labute approximate surface area is 155 Å². The third-order valence-electron chi connectivity index (χ3n) is 4.64. The number of hydrogen-bond acceptors (Lipinski definition) is 6. The number of carbonyl (C=O) groups excluding carboxylic acids is 2. The highest BCUT2D eigenvalue weighted by Crippen LogP contribution is 2.38. The molecule has 0 spiro atoms. The van der Waals surface area contributed by atoms with E-state index in [4.69, 9.17) is 18.9 Å². The fourth-order valence-corrected chi connectivity index (χ4v) is 3.05. The van der Waals surface area contributed by atoms with Crippen molar-refractivity contribution in [2.24, 2.45) is 0 Å². The van der Waals surface area contributed by atoms with Crippen LogP contribution in [0.4, 0.5) is 5.69 Å². The fraction of sp³-hybridized carbons (Fsp3) is 0.300. The molecule has 0 saturated carbocycles. The first-order chi connectivity index (χ1) is 13.2. The van der Waals surface area contributed by atoms with Gasteiger partial charge in [0.25, 0.3) is 11.8 Å². The van der Waals surface area contributed by atoms with Crippen LogP contribution in [0.3, 0.4) is 0 Å². The molecule has 0 aromatic heterocycles. The Morgan fingerprint density at radius 3 is 2.19 bits per heavy atom. The highest BCUT2D eigenvalue weighted by molar-refractivity contribution is 6.35. The molecule has 2 saturated heterocycles. The average Bonchev–Trinajstić information content (AvgIpc) is 3.60. The lowest BCUT2D eigenvalue weighted by molar-refractivity contribution is 0.0923. The molecule has 138 valence electrons. The molecule has 3 aliphatic heterocycles. The smallest absolute Gasteiger partial charge is 0.270 e. The van der Waals surface area contributed by atoms with Gasteiger partial charge in [-0.05, 0) is 24.3 Å². The van der Waals surface area contributed by atoms with Crippen molar-refractivity contribution < 1.29 is 28.5 Å². The number of carbonyl (C=O) groups is 2. The van der Waals surface area contributed by atoms with Crippen molar-refractivity contribution >= 4 is 17.5 Å². The standard InChI is InChI=1S/C20H17NO6/c22-19-14-4-3-7-17(27-11-13-9-25-13)18(14)20(23)21(19)15-5-1-2-6-16(15)26-10-12-8-24-12/h1-7,12-13H,8-11H2. The zero-order valence-electron chi connectivity index (χ0n) is 14.4. The van der Waals surface area contributed by atoms with Crippen molar-refractivity contribution in [2.45, 2.75) is 12.2 Å². The minimum atomic E-state index is -0.416. The molecule has 0 N–H and O–H groups in total. The third-order valence-corrected chi connectivity index (χ3v) is 4.64. The van der Waals surface area contributed by atoms with Gasteiger partial charge in [0.2, 0.25) is 0 Å². The van der Waals surface area contributed by atoms with Gasteiger partial charge in [0.1, 0.15) is 36.9 Å². The summed E-state index contributed by atoms with van der Waals surface area (Å²) in [5, 5.41) is 0. The van der Waals surface area contributed by atoms with E-state index in [1.807, 2.05) is 0 Å². The van der Waals surface area contributed by atoms with Gasteiger partial charge in [-0.3, -0.25) is 9.59 Å². The summed E-state index contributed by atoms with van der Waals surface area (Å²) < 4.78 is 21.8. The normalized spacial score (nSPS) is 22.6. The number of hydrogen-bond donors (Lipinski definition) is 0. The molecule has 3 heterocycles. The number of fused-ring (bicyclic) bond motifs is 1. The first-order valence-corrected chi connectivity index (χ1v) is 8.82. The highest BCUT2D eigenvalue weighted by atomic mass is 16.6. The molecule has 2 amide bonds. The summed E-state index contributed by atoms with van der Waals surface area (Å²) in [4.78, 5) is 27.2. The number of amides is 2. The molecule has 0 aliphatic carbocycles. The Balaban J connectivity index is 1.46. The molecule has 2 atom stereocenters. The molecule has 5 rings (SSSR count). The second kappa shape index (κ2) is 6.37. The van der Waals surface area contributed by atoms with Crippen LogP contribution in [0.25, 0.3) is 0 Å². The number of benzene rings is 2. The molecule has 27 heavy (non-hydrogen) atoms. The highest BCUT2D eigenvalue weighted by Gasteiger charge is 2.41. The summed E-state index contributed by atoms with van der Waals surface area (Å²) in [5.41, 5.74) is 1.03. The first-order valence-electron chi connectivity index (χ1n) is 8.82. The number of epoxide rings is 2. The van der Waals surface area contributed by atoms with Crippen LogP contribution in [0.1, 0.15) is 20.7 Å². The van der Waals surface area contributed by atoms with E-state index < -0.39 is 5.91 Å². The second-order valence-electron chi connectivity index (χ2n) is 6.62. The Morgan fingerprint density at radius 2 is 1.48 bits per heavy atom. The van der Waals surface area contributed by atoms with Crippen molar-refractivity contribution in [1.82, 2.24) is 0 Å². The van der Waals surface area contributed by atoms with Crippen LogP contribution < -0.4 is 14.4 Å². The maximum absolute atomic E-state index is 13.1. The quantitative estimate of drug-likeness (QED) is 0.550. The SMILES string of the molecule is O=C1c2cccc(OCC3CO3)c2C(=O)N1c1ccccc1OCC1CO1. The summed E-state index contributed by atoms with van der Waals surface area (Å²) in [7, 11) is 0. The Kier molecular flexibility index (Phi) is 3.84. The van der Waals surface area contributed by atoms with E-state index in [9.17, 15) is 9.59 Å². The summed E-state index contributed by atoms with van der Waals surface area (Å²) in [6, 6.07) is 12.0. The van der Waals surface area contributed by atoms with Crippen molar-refractivity contribution in [3.63, 3.8) is 0 Å². The molecule has 7 nitrogen and oxygen atoms in total. The summed E-state index contributed by atoms with van der Waals surface area (Å²) in [6.45, 7) is 2.07. The zero-order valence-corrected chi connectivity index (χ0v) is 14.4. The number of nitrogens with zero attached hydrogens (tertiary/aromatic N) is 1. The van der Waals surface area contributed by atoms with Crippen molar-refractivity contribution in [3.8, 4) is 11.5 Å². The van der Waals surface area contributed by atoms with Crippen molar-refractivity contribution in [1.29, 1.82) is 0 Å². The van der Waals surface area contributed by atoms with Crippen LogP contribution in [-0.4, -0.2) is 50.4 Å². The van der Waals surface area contributed by atoms with Crippen LogP contribution in [-0.2, 0) is 9.47 Å². The number of anilines is 1. The van der Waals surface area contributed by atoms with Gasteiger partial charge < -0.3 is 18.9 Å². The molecule has 2 fully saturated rings. The van der Waals surface area contributed by atoms with Gasteiger partial charge in [0.15, 0.2) is 0 Å². The van der Waals surface area contributed by atoms with Crippen LogP contribution >= 0.6 is 0 Å². The maximum atomic E-state index is 13.1. The van der Waals surface area contributed by atoms with Crippen LogP contribution in [0.15, 0.2) is 42.5 Å². The number of para-hydroxylation sites is 2. The largest absolute Gasteiger partial charge is 0.490 e. The molecular weight excluding hydrogens is 350 g/mol. The number of ether oxygens (including phenoxy) is 4. The van der Waals surface area contributed by atoms with E-state index in [1.54, 1.807) is 42.5 Å². The summed E-state index contributed by atoms with van der Waals surface area (Å²) >= 11 is 0. The topological polar surface area (TPSA) is 80.9 Å². The van der Waals surface area contributed by atoms with Crippen molar-refractivity contribution in [2.75, 3.05) is 31.3 Å². The van der Waals surface area contributed by atoms with Crippen LogP contribution in [0, 0.1) is 0 Å². The lowest BCUT2D eigenvalue weighted by Gasteiger charge is -2.18. The second-order valence-corrected chi connectivity index (χ2v) is 6.62. The van der Waals surface area contributed by atoms with Gasteiger partial charge in [0, 0.05) is 0 Å². The molecular formula is C20H17NO6. The van der Waals surface area contributed by atoms with E-state index in [1.165, 1.54) is 0 Å². The maximum Gasteiger partial charge on any atom is 0.270 e. The van der Waals surface area contributed by atoms with Crippen LogP contribution in [0.5, 0.6) is 11.5 Å². The van der Waals surface area contributed by atoms with Gasteiger partial charge in [-0.2, -0.15) is 0 Å². The van der Waals surface area contributed by atoms with E-state index in [0.717, 1.165) is 4.90 Å². The van der Waals surface area contributed by atoms with Gasteiger partial charge in [-0.15, -0.1) is 0 Å². The lowest BCUT2D eigenvalue weighted by atomic mass is 10.1. The minimum Gasteiger partial charge on any atom is -0.490 e. The van der Waals surface area contributed by atoms with Crippen LogP contribution in [0.2, 0.25) is 0 Å². The predicted octanol–water partition coefficient (Wildman–Crippen LogP) is 2.04. The molecule has 2 aromatic rings. The monoisotopic (exact) mass is 367 g/mol. The van der Waals surface area contributed by atoms with E-state index >= 15 is 0 Å². The molecule has 0 radical (unpaired) electrons. The molecule has 2 unspecified atom stereocenters. The fourth-order valence-electron chi connectivity index (χ4n) is 3.05. The lowest BCUT2D eigenvalue weighted by Crippen LogP contribution is -2.30. The molecule has 0 bridgehead atoms. The summed E-state index contributed by atoms with van der Waals surface area (Å²) in [6.07, 6.45) is 0.132. The molecule has 7 heteroatoms. The van der Waals surface area contributed by atoms with E-state index in [-0.39, 0.29) is 23.7 Å². The third kappa shape index (κ3) is 3.05. The summed E-state index contributed by atoms with van der Waals surface area (Å²) in [5.74, 6) is 0.0628. The Hall–Kier alpha value is -2.90.